The SMILES string of the molecule is CC(C)(C)OC(=O)N1CC[C@@H](N2C(=O)c3ccc(Cl)cc3C2=O)C1.O=C(O)c1ccc(Cl)cc1C(=O)O.[NaH]. The van der Waals surface area contributed by atoms with Crippen LogP contribution in [-0.2, 0) is 4.74 Å². The normalized spacial score (nSPS) is 16.3. The van der Waals surface area contributed by atoms with Crippen molar-refractivity contribution in [1.29, 1.82) is 0 Å². The van der Waals surface area contributed by atoms with Crippen LogP contribution >= 0.6 is 23.2 Å². The molecule has 2 N–H and O–H groups in total. The topological polar surface area (TPSA) is 142 Å². The zero-order valence-corrected chi connectivity index (χ0v) is 21.7. The molecule has 2 heterocycles. The molecule has 13 heteroatoms. The number of hydrogen-bond donors (Lipinski definition) is 2. The summed E-state index contributed by atoms with van der Waals surface area (Å²) in [5.41, 5.74) is -0.471. The molecule has 0 bridgehead atoms. The molecule has 2 aromatic carbocycles. The first-order chi connectivity index (χ1) is 17.2. The average molecular weight is 575 g/mol. The van der Waals surface area contributed by atoms with E-state index in [0.717, 1.165) is 12.1 Å². The van der Waals surface area contributed by atoms with Gasteiger partial charge in [0.15, 0.2) is 0 Å². The Hall–Kier alpha value is -2.63. The number of amides is 3. The fourth-order valence-electron chi connectivity index (χ4n) is 3.89. The van der Waals surface area contributed by atoms with Crippen molar-refractivity contribution in [2.45, 2.75) is 38.8 Å². The third-order valence-electron chi connectivity index (χ3n) is 5.50. The Labute approximate surface area is 250 Å². The van der Waals surface area contributed by atoms with Crippen molar-refractivity contribution in [2.24, 2.45) is 0 Å². The third kappa shape index (κ3) is 7.27. The van der Waals surface area contributed by atoms with Crippen LogP contribution in [0.4, 0.5) is 4.79 Å². The number of carboxylic acid groups (broad SMARTS) is 2. The minimum absolute atomic E-state index is 0. The van der Waals surface area contributed by atoms with Crippen molar-refractivity contribution in [3.05, 3.63) is 68.7 Å². The predicted octanol–water partition coefficient (Wildman–Crippen LogP) is 4.03. The van der Waals surface area contributed by atoms with Gasteiger partial charge in [0, 0.05) is 23.1 Å². The van der Waals surface area contributed by atoms with Crippen molar-refractivity contribution in [3.8, 4) is 0 Å². The summed E-state index contributed by atoms with van der Waals surface area (Å²) in [7, 11) is 0. The molecule has 0 spiro atoms. The van der Waals surface area contributed by atoms with Gasteiger partial charge in [0.2, 0.25) is 0 Å². The van der Waals surface area contributed by atoms with Gasteiger partial charge in [-0.05, 0) is 63.6 Å². The molecule has 198 valence electrons. The number of benzene rings is 2. The zero-order chi connectivity index (χ0) is 27.7. The number of ether oxygens (including phenoxy) is 1. The predicted molar refractivity (Wildman–Crippen MR) is 141 cm³/mol. The van der Waals surface area contributed by atoms with E-state index in [1.54, 1.807) is 32.9 Å². The first kappa shape index (κ1) is 31.6. The van der Waals surface area contributed by atoms with Gasteiger partial charge in [0.25, 0.3) is 11.8 Å². The number of carbonyl (C=O) groups is 5. The zero-order valence-electron chi connectivity index (χ0n) is 20.2. The van der Waals surface area contributed by atoms with E-state index in [0.29, 0.717) is 29.1 Å². The van der Waals surface area contributed by atoms with Crippen molar-refractivity contribution in [1.82, 2.24) is 9.80 Å². The Morgan fingerprint density at radius 1 is 0.895 bits per heavy atom. The third-order valence-corrected chi connectivity index (χ3v) is 5.97. The summed E-state index contributed by atoms with van der Waals surface area (Å²) < 4.78 is 5.35. The molecule has 1 fully saturated rings. The molecule has 3 amide bonds. The molecule has 0 aliphatic carbocycles. The van der Waals surface area contributed by atoms with Gasteiger partial charge in [0.1, 0.15) is 5.60 Å². The second-order valence-electron chi connectivity index (χ2n) is 9.34. The van der Waals surface area contributed by atoms with E-state index in [-0.39, 0.29) is 70.1 Å². The van der Waals surface area contributed by atoms with Gasteiger partial charge in [-0.2, -0.15) is 0 Å². The molecule has 0 unspecified atom stereocenters. The van der Waals surface area contributed by atoms with Gasteiger partial charge in [0.05, 0.1) is 28.3 Å². The standard InChI is InChI=1S/C17H19ClN2O4.C8H5ClO4.Na.H/c1-17(2,3)24-16(23)19-7-6-11(9-19)20-14(21)12-5-4-10(18)8-13(12)15(20)22;9-4-1-2-5(7(10)11)6(3-4)8(12)13;;/h4-5,8,11H,6-7,9H2,1-3H3;1-3H,(H,10,11)(H,12,13);;/t11-;;;/m1.../s1. The molecule has 10 nitrogen and oxygen atoms in total. The van der Waals surface area contributed by atoms with Gasteiger partial charge in [-0.1, -0.05) is 23.2 Å². The molecule has 2 aliphatic rings. The van der Waals surface area contributed by atoms with E-state index in [9.17, 15) is 24.0 Å². The number of carbonyl (C=O) groups excluding carboxylic acids is 3. The quantitative estimate of drug-likeness (QED) is 0.413. The van der Waals surface area contributed by atoms with E-state index in [1.807, 2.05) is 0 Å². The molecule has 4 rings (SSSR count). The molecule has 2 aliphatic heterocycles. The molecule has 0 aromatic heterocycles. The number of carboxylic acids is 2. The van der Waals surface area contributed by atoms with Crippen LogP contribution < -0.4 is 0 Å². The number of fused-ring (bicyclic) bond motifs is 1. The summed E-state index contributed by atoms with van der Waals surface area (Å²) in [6.45, 7) is 6.13. The van der Waals surface area contributed by atoms with Crippen LogP contribution in [0, 0.1) is 0 Å². The number of aromatic carboxylic acids is 2. The van der Waals surface area contributed by atoms with Gasteiger partial charge in [-0.15, -0.1) is 0 Å². The maximum atomic E-state index is 12.6. The van der Waals surface area contributed by atoms with Crippen LogP contribution in [0.2, 0.25) is 10.0 Å². The van der Waals surface area contributed by atoms with Gasteiger partial charge >= 0.3 is 47.6 Å². The fraction of sp³-hybridized carbons (Fsp3) is 0.320. The van der Waals surface area contributed by atoms with E-state index < -0.39 is 23.6 Å². The minimum atomic E-state index is -1.31. The Morgan fingerprint density at radius 2 is 1.45 bits per heavy atom. The van der Waals surface area contributed by atoms with Crippen LogP contribution in [-0.4, -0.2) is 104 Å². The first-order valence-corrected chi connectivity index (χ1v) is 11.9. The summed E-state index contributed by atoms with van der Waals surface area (Å²) in [6.07, 6.45) is 0.114. The number of likely N-dealkylation sites (tertiary alicyclic amines) is 1. The molecule has 0 radical (unpaired) electrons. The van der Waals surface area contributed by atoms with Crippen LogP contribution in [0.15, 0.2) is 36.4 Å². The van der Waals surface area contributed by atoms with Gasteiger partial charge in [-0.25, -0.2) is 14.4 Å². The Morgan fingerprint density at radius 3 is 2.03 bits per heavy atom. The number of imide groups is 1. The number of hydrogen-bond acceptors (Lipinski definition) is 6. The summed E-state index contributed by atoms with van der Waals surface area (Å²) >= 11 is 11.4. The molecule has 1 saturated heterocycles. The van der Waals surface area contributed by atoms with Gasteiger partial charge < -0.3 is 19.8 Å². The Kier molecular flexibility index (Phi) is 10.4. The maximum absolute atomic E-state index is 12.6. The van der Waals surface area contributed by atoms with E-state index in [1.165, 1.54) is 21.9 Å². The monoisotopic (exact) mass is 574 g/mol. The molecular formula is C25H25Cl2N2NaO8. The molecule has 2 aromatic rings. The molecule has 1 atom stereocenters. The molecular weight excluding hydrogens is 550 g/mol. The number of halogens is 2. The van der Waals surface area contributed by atoms with Crippen LogP contribution in [0.3, 0.4) is 0 Å². The van der Waals surface area contributed by atoms with Crippen molar-refractivity contribution in [3.63, 3.8) is 0 Å². The average Bonchev–Trinajstić information content (AvgIpc) is 3.36. The van der Waals surface area contributed by atoms with Crippen LogP contribution in [0.1, 0.15) is 68.6 Å². The summed E-state index contributed by atoms with van der Waals surface area (Å²) in [5.74, 6) is -3.27. The Bertz CT molecular complexity index is 1290. The first-order valence-electron chi connectivity index (χ1n) is 11.1. The number of nitrogens with zero attached hydrogens (tertiary/aromatic N) is 2. The summed E-state index contributed by atoms with van der Waals surface area (Å²) in [4.78, 5) is 61.1. The van der Waals surface area contributed by atoms with Crippen molar-refractivity contribution < 1.29 is 38.9 Å². The Balaban J connectivity index is 0.000000309. The second-order valence-corrected chi connectivity index (χ2v) is 10.2. The van der Waals surface area contributed by atoms with Crippen molar-refractivity contribution >= 4 is 82.6 Å². The summed E-state index contributed by atoms with van der Waals surface area (Å²) in [5, 5.41) is 17.8. The fourth-order valence-corrected chi connectivity index (χ4v) is 4.23. The van der Waals surface area contributed by atoms with Crippen molar-refractivity contribution in [2.75, 3.05) is 13.1 Å². The van der Waals surface area contributed by atoms with Gasteiger partial charge in [-0.3, -0.25) is 14.5 Å². The molecule has 38 heavy (non-hydrogen) atoms. The van der Waals surface area contributed by atoms with Crippen LogP contribution in [0.5, 0.6) is 0 Å². The van der Waals surface area contributed by atoms with E-state index in [2.05, 4.69) is 0 Å². The number of rotatable bonds is 3. The summed E-state index contributed by atoms with van der Waals surface area (Å²) in [6, 6.07) is 7.93. The van der Waals surface area contributed by atoms with Crippen LogP contribution in [0.25, 0.3) is 0 Å². The van der Waals surface area contributed by atoms with E-state index >= 15 is 0 Å². The van der Waals surface area contributed by atoms with E-state index in [4.69, 9.17) is 38.2 Å². The molecule has 0 saturated carbocycles. The second kappa shape index (κ2) is 12.5.